The standard InChI is InChI=1S/C18H18N4O2/c1-12-7-14(8-13(2)19-12)16-10-22(21-20-16)9-15-11-23-17-5-3-4-6-18(17)24-15/h3-8,10,15H,9,11H2,1-2H3. The minimum Gasteiger partial charge on any atom is -0.486 e. The van der Waals surface area contributed by atoms with Crippen molar-refractivity contribution in [1.82, 2.24) is 20.0 Å². The summed E-state index contributed by atoms with van der Waals surface area (Å²) in [6.07, 6.45) is 1.84. The van der Waals surface area contributed by atoms with Crippen LogP contribution in [0.1, 0.15) is 11.4 Å². The minimum atomic E-state index is -0.0876. The lowest BCUT2D eigenvalue weighted by molar-refractivity contribution is 0.0755. The van der Waals surface area contributed by atoms with E-state index in [4.69, 9.17) is 9.47 Å². The Hall–Kier alpha value is -2.89. The zero-order chi connectivity index (χ0) is 16.5. The van der Waals surface area contributed by atoms with Gasteiger partial charge in [0, 0.05) is 17.0 Å². The Morgan fingerprint density at radius 3 is 2.67 bits per heavy atom. The molecule has 1 aromatic carbocycles. The second kappa shape index (κ2) is 5.96. The van der Waals surface area contributed by atoms with Crippen molar-refractivity contribution in [1.29, 1.82) is 0 Å². The van der Waals surface area contributed by atoms with Gasteiger partial charge in [0.25, 0.3) is 0 Å². The van der Waals surface area contributed by atoms with Crippen LogP contribution in [0.3, 0.4) is 0 Å². The van der Waals surface area contributed by atoms with Gasteiger partial charge in [0.05, 0.1) is 12.7 Å². The highest BCUT2D eigenvalue weighted by molar-refractivity contribution is 5.58. The molecule has 0 bridgehead atoms. The van der Waals surface area contributed by atoms with Gasteiger partial charge in [-0.25, -0.2) is 4.68 Å². The molecule has 4 rings (SSSR count). The van der Waals surface area contributed by atoms with E-state index in [1.807, 2.05) is 56.4 Å². The van der Waals surface area contributed by atoms with E-state index in [-0.39, 0.29) is 6.10 Å². The summed E-state index contributed by atoms with van der Waals surface area (Å²) in [6, 6.07) is 11.7. The van der Waals surface area contributed by atoms with Crippen molar-refractivity contribution >= 4 is 0 Å². The van der Waals surface area contributed by atoms with E-state index in [0.717, 1.165) is 34.1 Å². The quantitative estimate of drug-likeness (QED) is 0.742. The third-order valence-corrected chi connectivity index (χ3v) is 3.87. The zero-order valence-corrected chi connectivity index (χ0v) is 13.6. The summed E-state index contributed by atoms with van der Waals surface area (Å²) in [6.45, 7) is 5.04. The number of nitrogens with zero attached hydrogens (tertiary/aromatic N) is 4. The molecule has 0 saturated carbocycles. The Balaban J connectivity index is 1.50. The average molecular weight is 322 g/mol. The largest absolute Gasteiger partial charge is 0.486 e. The summed E-state index contributed by atoms with van der Waals surface area (Å²) in [7, 11) is 0. The monoisotopic (exact) mass is 322 g/mol. The van der Waals surface area contributed by atoms with Crippen LogP contribution in [0.25, 0.3) is 11.3 Å². The molecule has 1 atom stereocenters. The maximum absolute atomic E-state index is 5.97. The number of aryl methyl sites for hydroxylation is 2. The van der Waals surface area contributed by atoms with Crippen molar-refractivity contribution in [3.05, 3.63) is 54.0 Å². The Kier molecular flexibility index (Phi) is 3.65. The van der Waals surface area contributed by atoms with Crippen LogP contribution in [-0.2, 0) is 6.54 Å². The Morgan fingerprint density at radius 1 is 1.12 bits per heavy atom. The molecule has 1 aliphatic heterocycles. The van der Waals surface area contributed by atoms with Gasteiger partial charge in [-0.05, 0) is 38.1 Å². The molecule has 6 heteroatoms. The first-order valence-corrected chi connectivity index (χ1v) is 7.92. The number of pyridine rings is 1. The van der Waals surface area contributed by atoms with Gasteiger partial charge < -0.3 is 9.47 Å². The summed E-state index contributed by atoms with van der Waals surface area (Å²) >= 11 is 0. The molecular weight excluding hydrogens is 304 g/mol. The van der Waals surface area contributed by atoms with E-state index >= 15 is 0 Å². The van der Waals surface area contributed by atoms with E-state index in [0.29, 0.717) is 13.2 Å². The highest BCUT2D eigenvalue weighted by Gasteiger charge is 2.21. The van der Waals surface area contributed by atoms with Crippen LogP contribution in [-0.4, -0.2) is 32.7 Å². The van der Waals surface area contributed by atoms with Crippen LogP contribution in [0.5, 0.6) is 11.5 Å². The normalized spacial score (nSPS) is 16.2. The molecule has 0 amide bonds. The zero-order valence-electron chi connectivity index (χ0n) is 13.6. The Morgan fingerprint density at radius 2 is 1.88 bits per heavy atom. The molecule has 24 heavy (non-hydrogen) atoms. The molecule has 0 spiro atoms. The van der Waals surface area contributed by atoms with Gasteiger partial charge in [0.2, 0.25) is 0 Å². The van der Waals surface area contributed by atoms with Crippen LogP contribution < -0.4 is 9.47 Å². The van der Waals surface area contributed by atoms with Crippen molar-refractivity contribution < 1.29 is 9.47 Å². The number of hydrogen-bond acceptors (Lipinski definition) is 5. The van der Waals surface area contributed by atoms with Gasteiger partial charge in [0.15, 0.2) is 17.6 Å². The Labute approximate surface area is 140 Å². The van der Waals surface area contributed by atoms with Crippen molar-refractivity contribution in [3.63, 3.8) is 0 Å². The van der Waals surface area contributed by atoms with Crippen LogP contribution in [0.15, 0.2) is 42.6 Å². The summed E-state index contributed by atoms with van der Waals surface area (Å²) in [5.41, 5.74) is 3.80. The highest BCUT2D eigenvalue weighted by Crippen LogP contribution is 2.31. The van der Waals surface area contributed by atoms with Gasteiger partial charge in [-0.3, -0.25) is 4.98 Å². The van der Waals surface area contributed by atoms with E-state index in [1.165, 1.54) is 0 Å². The molecule has 3 heterocycles. The molecule has 0 N–H and O–H groups in total. The van der Waals surface area contributed by atoms with Crippen LogP contribution in [0, 0.1) is 13.8 Å². The maximum atomic E-state index is 5.97. The lowest BCUT2D eigenvalue weighted by atomic mass is 10.1. The summed E-state index contributed by atoms with van der Waals surface area (Å²) in [4.78, 5) is 4.39. The molecular formula is C18H18N4O2. The third-order valence-electron chi connectivity index (χ3n) is 3.87. The lowest BCUT2D eigenvalue weighted by Crippen LogP contribution is -2.33. The number of hydrogen-bond donors (Lipinski definition) is 0. The first-order valence-electron chi connectivity index (χ1n) is 7.92. The Bertz CT molecular complexity index is 855. The minimum absolute atomic E-state index is 0.0876. The van der Waals surface area contributed by atoms with Crippen LogP contribution in [0.2, 0.25) is 0 Å². The van der Waals surface area contributed by atoms with Gasteiger partial charge in [0.1, 0.15) is 12.3 Å². The van der Waals surface area contributed by atoms with Crippen molar-refractivity contribution in [2.24, 2.45) is 0 Å². The molecule has 0 radical (unpaired) electrons. The van der Waals surface area contributed by atoms with Gasteiger partial charge in [-0.1, -0.05) is 17.3 Å². The van der Waals surface area contributed by atoms with Gasteiger partial charge in [-0.2, -0.15) is 0 Å². The number of aromatic nitrogens is 4. The smallest absolute Gasteiger partial charge is 0.161 e. The van der Waals surface area contributed by atoms with E-state index < -0.39 is 0 Å². The number of para-hydroxylation sites is 2. The lowest BCUT2D eigenvalue weighted by Gasteiger charge is -2.26. The number of rotatable bonds is 3. The molecule has 1 unspecified atom stereocenters. The molecule has 122 valence electrons. The summed E-state index contributed by atoms with van der Waals surface area (Å²) in [5, 5.41) is 8.48. The van der Waals surface area contributed by atoms with Crippen molar-refractivity contribution in [2.75, 3.05) is 6.61 Å². The van der Waals surface area contributed by atoms with Crippen molar-refractivity contribution in [2.45, 2.75) is 26.5 Å². The first-order chi connectivity index (χ1) is 11.7. The van der Waals surface area contributed by atoms with Gasteiger partial charge >= 0.3 is 0 Å². The topological polar surface area (TPSA) is 62.1 Å². The SMILES string of the molecule is Cc1cc(-c2cn(CC3COc4ccccc4O3)nn2)cc(C)n1. The first kappa shape index (κ1) is 14.7. The molecule has 1 aliphatic rings. The molecule has 2 aromatic heterocycles. The van der Waals surface area contributed by atoms with Crippen molar-refractivity contribution in [3.8, 4) is 22.8 Å². The molecule has 3 aromatic rings. The fourth-order valence-corrected chi connectivity index (χ4v) is 2.86. The number of fused-ring (bicyclic) bond motifs is 1. The highest BCUT2D eigenvalue weighted by atomic mass is 16.6. The van der Waals surface area contributed by atoms with E-state index in [1.54, 1.807) is 4.68 Å². The third kappa shape index (κ3) is 2.95. The van der Waals surface area contributed by atoms with Crippen LogP contribution >= 0.6 is 0 Å². The molecule has 0 aliphatic carbocycles. The predicted octanol–water partition coefficient (Wildman–Crippen LogP) is 2.80. The maximum Gasteiger partial charge on any atom is 0.161 e. The fourth-order valence-electron chi connectivity index (χ4n) is 2.86. The molecule has 0 saturated heterocycles. The van der Waals surface area contributed by atoms with E-state index in [2.05, 4.69) is 15.3 Å². The van der Waals surface area contributed by atoms with Gasteiger partial charge in [-0.15, -0.1) is 5.10 Å². The number of benzene rings is 1. The predicted molar refractivity (Wildman–Crippen MR) is 89.1 cm³/mol. The van der Waals surface area contributed by atoms with Crippen LogP contribution in [0.4, 0.5) is 0 Å². The van der Waals surface area contributed by atoms with E-state index in [9.17, 15) is 0 Å². The second-order valence-electron chi connectivity index (χ2n) is 5.96. The molecule has 6 nitrogen and oxygen atoms in total. The summed E-state index contributed by atoms with van der Waals surface area (Å²) < 4.78 is 13.5. The summed E-state index contributed by atoms with van der Waals surface area (Å²) in [5.74, 6) is 1.56. The fraction of sp³-hybridized carbons (Fsp3) is 0.278. The number of ether oxygens (including phenoxy) is 2. The molecule has 0 fully saturated rings. The second-order valence-corrected chi connectivity index (χ2v) is 5.96. The average Bonchev–Trinajstić information content (AvgIpc) is 3.02.